The number of benzene rings is 1. The molecular weight excluding hydrogens is 392 g/mol. The van der Waals surface area contributed by atoms with E-state index in [0.717, 1.165) is 43.0 Å². The molecule has 0 spiro atoms. The fourth-order valence-corrected chi connectivity index (χ4v) is 3.81. The summed E-state index contributed by atoms with van der Waals surface area (Å²) in [4.78, 5) is 9.17. The Morgan fingerprint density at radius 3 is 2.09 bits per heavy atom. The Morgan fingerprint density at radius 2 is 1.38 bits per heavy atom. The molecule has 0 N–H and O–H groups in total. The van der Waals surface area contributed by atoms with Crippen LogP contribution in [-0.4, -0.2) is 16.6 Å². The minimum absolute atomic E-state index is 0.786. The molecule has 2 rings (SSSR count). The number of hydrogen-bond acceptors (Lipinski definition) is 3. The lowest BCUT2D eigenvalue weighted by Gasteiger charge is -2.07. The van der Waals surface area contributed by atoms with Crippen LogP contribution in [-0.2, 0) is 6.42 Å². The highest BCUT2D eigenvalue weighted by Gasteiger charge is 2.03. The third kappa shape index (κ3) is 11.5. The molecule has 0 aliphatic heterocycles. The number of nitrogens with zero attached hydrogens (tertiary/aromatic N) is 2. The predicted molar refractivity (Wildman–Crippen MR) is 137 cm³/mol. The summed E-state index contributed by atoms with van der Waals surface area (Å²) >= 11 is 0. The third-order valence-electron chi connectivity index (χ3n) is 5.82. The minimum Gasteiger partial charge on any atom is -0.494 e. The largest absolute Gasteiger partial charge is 0.494 e. The molecule has 1 aromatic carbocycles. The summed E-state index contributed by atoms with van der Waals surface area (Å²) in [5.41, 5.74) is 2.28. The van der Waals surface area contributed by atoms with Gasteiger partial charge in [-0.05, 0) is 68.4 Å². The molecule has 0 fully saturated rings. The summed E-state index contributed by atoms with van der Waals surface area (Å²) in [5, 5.41) is 0. The monoisotopic (exact) mass is 436 g/mol. The van der Waals surface area contributed by atoms with Gasteiger partial charge < -0.3 is 4.74 Å². The van der Waals surface area contributed by atoms with Crippen LogP contribution in [0.25, 0.3) is 11.4 Å². The van der Waals surface area contributed by atoms with Gasteiger partial charge in [-0.25, -0.2) is 9.97 Å². The highest BCUT2D eigenvalue weighted by atomic mass is 16.5. The molecule has 0 unspecified atom stereocenters. The Balaban J connectivity index is 1.62. The molecule has 3 nitrogen and oxygen atoms in total. The Hall–Kier alpha value is -2.16. The van der Waals surface area contributed by atoms with Crippen LogP contribution in [0.15, 0.2) is 48.8 Å². The number of allylic oxidation sites excluding steroid dienone is 2. The van der Waals surface area contributed by atoms with E-state index in [9.17, 15) is 0 Å². The van der Waals surface area contributed by atoms with Crippen molar-refractivity contribution < 1.29 is 4.74 Å². The number of aromatic nitrogens is 2. The molecule has 176 valence electrons. The first-order chi connectivity index (χ1) is 15.8. The molecular formula is C29H44N2O. The molecule has 0 radical (unpaired) electrons. The number of rotatable bonds is 18. The van der Waals surface area contributed by atoms with E-state index < -0.39 is 0 Å². The van der Waals surface area contributed by atoms with Gasteiger partial charge in [0.15, 0.2) is 5.82 Å². The standard InChI is InChI=1S/C29H44N2O/c1-3-5-7-9-11-13-15-17-23-32-28-21-19-27(20-22-28)29-30-24-26(25-31-29)18-16-14-12-10-8-6-4-2/h5,7,19-22,24-25H,3-4,6,8-18,23H2,1-2H3. The molecule has 0 aliphatic carbocycles. The summed E-state index contributed by atoms with van der Waals surface area (Å²) in [6.07, 6.45) is 26.2. The first-order valence-corrected chi connectivity index (χ1v) is 13.0. The third-order valence-corrected chi connectivity index (χ3v) is 5.82. The van der Waals surface area contributed by atoms with Crippen LogP contribution in [0.3, 0.4) is 0 Å². The van der Waals surface area contributed by atoms with E-state index in [0.29, 0.717) is 0 Å². The van der Waals surface area contributed by atoms with E-state index >= 15 is 0 Å². The second kappa shape index (κ2) is 17.4. The zero-order valence-corrected chi connectivity index (χ0v) is 20.5. The summed E-state index contributed by atoms with van der Waals surface area (Å²) < 4.78 is 5.89. The molecule has 0 amide bonds. The summed E-state index contributed by atoms with van der Waals surface area (Å²) in [6, 6.07) is 8.17. The molecule has 1 heterocycles. The van der Waals surface area contributed by atoms with Gasteiger partial charge >= 0.3 is 0 Å². The zero-order chi connectivity index (χ0) is 22.7. The Morgan fingerprint density at radius 1 is 0.719 bits per heavy atom. The molecule has 0 aliphatic rings. The number of unbranched alkanes of at least 4 members (excludes halogenated alkanes) is 10. The van der Waals surface area contributed by atoms with Crippen molar-refractivity contribution >= 4 is 0 Å². The van der Waals surface area contributed by atoms with E-state index in [4.69, 9.17) is 4.74 Å². The van der Waals surface area contributed by atoms with Crippen LogP contribution < -0.4 is 4.74 Å². The van der Waals surface area contributed by atoms with Crippen LogP contribution >= 0.6 is 0 Å². The molecule has 32 heavy (non-hydrogen) atoms. The normalized spacial score (nSPS) is 11.3. The molecule has 0 saturated heterocycles. The van der Waals surface area contributed by atoms with Gasteiger partial charge in [0.1, 0.15) is 5.75 Å². The molecule has 1 aromatic heterocycles. The quantitative estimate of drug-likeness (QED) is 0.173. The maximum absolute atomic E-state index is 5.89. The second-order valence-electron chi connectivity index (χ2n) is 8.74. The van der Waals surface area contributed by atoms with Crippen molar-refractivity contribution in [2.75, 3.05) is 6.61 Å². The van der Waals surface area contributed by atoms with Crippen molar-refractivity contribution in [2.45, 2.75) is 104 Å². The Kier molecular flexibility index (Phi) is 14.2. The van der Waals surface area contributed by atoms with E-state index in [1.807, 2.05) is 24.5 Å². The van der Waals surface area contributed by atoms with Crippen molar-refractivity contribution in [1.29, 1.82) is 0 Å². The highest BCUT2D eigenvalue weighted by molar-refractivity contribution is 5.55. The highest BCUT2D eigenvalue weighted by Crippen LogP contribution is 2.20. The fraction of sp³-hybridized carbons (Fsp3) is 0.586. The van der Waals surface area contributed by atoms with Crippen LogP contribution in [0, 0.1) is 0 Å². The lowest BCUT2D eigenvalue weighted by molar-refractivity contribution is 0.305. The minimum atomic E-state index is 0.786. The van der Waals surface area contributed by atoms with Crippen molar-refractivity contribution in [3.8, 4) is 17.1 Å². The summed E-state index contributed by atoms with van der Waals surface area (Å²) in [6.45, 7) is 5.23. The zero-order valence-electron chi connectivity index (χ0n) is 20.5. The fourth-order valence-electron chi connectivity index (χ4n) is 3.81. The lowest BCUT2D eigenvalue weighted by atomic mass is 10.1. The smallest absolute Gasteiger partial charge is 0.159 e. The van der Waals surface area contributed by atoms with E-state index in [-0.39, 0.29) is 0 Å². The molecule has 0 bridgehead atoms. The summed E-state index contributed by atoms with van der Waals surface area (Å²) in [7, 11) is 0. The van der Waals surface area contributed by atoms with Gasteiger partial charge in [0.05, 0.1) is 6.61 Å². The van der Waals surface area contributed by atoms with Crippen molar-refractivity contribution in [2.24, 2.45) is 0 Å². The number of hydrogen-bond donors (Lipinski definition) is 0. The van der Waals surface area contributed by atoms with E-state index in [1.165, 1.54) is 76.2 Å². The van der Waals surface area contributed by atoms with Crippen LogP contribution in [0.1, 0.15) is 103 Å². The van der Waals surface area contributed by atoms with Crippen molar-refractivity contribution in [3.63, 3.8) is 0 Å². The lowest BCUT2D eigenvalue weighted by Crippen LogP contribution is -1.97. The first-order valence-electron chi connectivity index (χ1n) is 13.0. The summed E-state index contributed by atoms with van der Waals surface area (Å²) in [5.74, 6) is 1.71. The first kappa shape index (κ1) is 26.1. The van der Waals surface area contributed by atoms with Gasteiger partial charge in [0.25, 0.3) is 0 Å². The van der Waals surface area contributed by atoms with Crippen LogP contribution in [0.5, 0.6) is 5.75 Å². The number of aryl methyl sites for hydroxylation is 1. The second-order valence-corrected chi connectivity index (χ2v) is 8.74. The van der Waals surface area contributed by atoms with Crippen molar-refractivity contribution in [1.82, 2.24) is 9.97 Å². The van der Waals surface area contributed by atoms with Crippen molar-refractivity contribution in [3.05, 3.63) is 54.4 Å². The van der Waals surface area contributed by atoms with Gasteiger partial charge in [0.2, 0.25) is 0 Å². The van der Waals surface area contributed by atoms with Crippen LogP contribution in [0.2, 0.25) is 0 Å². The molecule has 0 saturated carbocycles. The Labute approximate surface area is 196 Å². The van der Waals surface area contributed by atoms with Gasteiger partial charge in [-0.3, -0.25) is 0 Å². The molecule has 2 aromatic rings. The number of ether oxygens (including phenoxy) is 1. The average molecular weight is 437 g/mol. The SMILES string of the molecule is CCC=CCCCCCCOc1ccc(-c2ncc(CCCCCCCCC)cn2)cc1. The van der Waals surface area contributed by atoms with E-state index in [1.54, 1.807) is 0 Å². The maximum atomic E-state index is 5.89. The Bertz CT molecular complexity index is 722. The van der Waals surface area contributed by atoms with Gasteiger partial charge in [0, 0.05) is 18.0 Å². The maximum Gasteiger partial charge on any atom is 0.159 e. The topological polar surface area (TPSA) is 35.0 Å². The predicted octanol–water partition coefficient (Wildman–Crippen LogP) is 8.73. The average Bonchev–Trinajstić information content (AvgIpc) is 2.83. The van der Waals surface area contributed by atoms with Gasteiger partial charge in [-0.15, -0.1) is 0 Å². The molecule has 3 heteroatoms. The van der Waals surface area contributed by atoms with Crippen LogP contribution in [0.4, 0.5) is 0 Å². The van der Waals surface area contributed by atoms with Gasteiger partial charge in [-0.1, -0.05) is 77.4 Å². The molecule has 0 atom stereocenters. The van der Waals surface area contributed by atoms with E-state index in [2.05, 4.69) is 48.1 Å². The van der Waals surface area contributed by atoms with Gasteiger partial charge in [-0.2, -0.15) is 0 Å².